The summed E-state index contributed by atoms with van der Waals surface area (Å²) in [5.41, 5.74) is 3.68. The van der Waals surface area contributed by atoms with Crippen LogP contribution in [0.25, 0.3) is 22.6 Å². The standard InChI is InChI=1S/C19H20ClN7/c1-19(2,3)18-22-15(14-9-10-21-26(14)4)16-17(23-18)27(25-24-16)11-12-7-5-6-8-13(12)20/h5-10H,11H2,1-4H3. The fourth-order valence-electron chi connectivity index (χ4n) is 2.87. The number of fused-ring (bicyclic) bond motifs is 1. The Kier molecular flexibility index (Phi) is 4.19. The molecule has 4 rings (SSSR count). The Labute approximate surface area is 162 Å². The van der Waals surface area contributed by atoms with Crippen LogP contribution in [-0.2, 0) is 19.0 Å². The summed E-state index contributed by atoms with van der Waals surface area (Å²) in [5, 5.41) is 13.7. The summed E-state index contributed by atoms with van der Waals surface area (Å²) in [6, 6.07) is 9.63. The molecule has 0 aliphatic heterocycles. The zero-order chi connectivity index (χ0) is 19.2. The molecule has 0 saturated heterocycles. The highest BCUT2D eigenvalue weighted by Gasteiger charge is 2.24. The van der Waals surface area contributed by atoms with Gasteiger partial charge in [0.25, 0.3) is 0 Å². The average molecular weight is 382 g/mol. The van der Waals surface area contributed by atoms with E-state index in [4.69, 9.17) is 21.6 Å². The van der Waals surface area contributed by atoms with E-state index in [1.807, 2.05) is 37.4 Å². The maximum absolute atomic E-state index is 6.32. The molecule has 0 amide bonds. The number of halogens is 1. The fourth-order valence-corrected chi connectivity index (χ4v) is 3.07. The lowest BCUT2D eigenvalue weighted by atomic mass is 9.95. The first-order valence-electron chi connectivity index (χ1n) is 8.68. The van der Waals surface area contributed by atoms with Gasteiger partial charge in [0.15, 0.2) is 11.2 Å². The number of hydrogen-bond acceptors (Lipinski definition) is 5. The fraction of sp³-hybridized carbons (Fsp3) is 0.316. The zero-order valence-electron chi connectivity index (χ0n) is 15.7. The van der Waals surface area contributed by atoms with Crippen LogP contribution in [0.2, 0.25) is 5.02 Å². The van der Waals surface area contributed by atoms with Gasteiger partial charge in [-0.3, -0.25) is 4.68 Å². The van der Waals surface area contributed by atoms with E-state index < -0.39 is 0 Å². The molecule has 1 aromatic carbocycles. The molecule has 8 heteroatoms. The van der Waals surface area contributed by atoms with Crippen molar-refractivity contribution in [3.63, 3.8) is 0 Å². The molecule has 27 heavy (non-hydrogen) atoms. The molecule has 0 fully saturated rings. The lowest BCUT2D eigenvalue weighted by Gasteiger charge is -2.17. The highest BCUT2D eigenvalue weighted by Crippen LogP contribution is 2.28. The molecule has 0 radical (unpaired) electrons. The van der Waals surface area contributed by atoms with Crippen LogP contribution in [-0.4, -0.2) is 34.7 Å². The first kappa shape index (κ1) is 17.6. The van der Waals surface area contributed by atoms with Gasteiger partial charge < -0.3 is 0 Å². The van der Waals surface area contributed by atoms with E-state index in [0.29, 0.717) is 22.7 Å². The van der Waals surface area contributed by atoms with Crippen LogP contribution in [0, 0.1) is 0 Å². The smallest absolute Gasteiger partial charge is 0.182 e. The highest BCUT2D eigenvalue weighted by molar-refractivity contribution is 6.31. The third kappa shape index (κ3) is 3.19. The van der Waals surface area contributed by atoms with Gasteiger partial charge >= 0.3 is 0 Å². The van der Waals surface area contributed by atoms with Crippen LogP contribution < -0.4 is 0 Å². The molecule has 0 N–H and O–H groups in total. The molecule has 3 aromatic heterocycles. The predicted octanol–water partition coefficient (Wildman–Crippen LogP) is 3.62. The molecule has 138 valence electrons. The van der Waals surface area contributed by atoms with Crippen molar-refractivity contribution in [2.24, 2.45) is 7.05 Å². The topological polar surface area (TPSA) is 74.3 Å². The monoisotopic (exact) mass is 381 g/mol. The molecule has 0 spiro atoms. The van der Waals surface area contributed by atoms with E-state index in [2.05, 4.69) is 36.2 Å². The van der Waals surface area contributed by atoms with Crippen molar-refractivity contribution in [2.75, 3.05) is 0 Å². The van der Waals surface area contributed by atoms with Gasteiger partial charge in [-0.05, 0) is 17.7 Å². The maximum Gasteiger partial charge on any atom is 0.182 e. The Morgan fingerprint density at radius 2 is 1.85 bits per heavy atom. The van der Waals surface area contributed by atoms with Crippen LogP contribution in [0.3, 0.4) is 0 Å². The number of benzene rings is 1. The summed E-state index contributed by atoms with van der Waals surface area (Å²) in [4.78, 5) is 9.59. The van der Waals surface area contributed by atoms with E-state index in [9.17, 15) is 0 Å². The molecule has 0 saturated carbocycles. The minimum atomic E-state index is -0.221. The lowest BCUT2D eigenvalue weighted by molar-refractivity contribution is 0.546. The van der Waals surface area contributed by atoms with Gasteiger partial charge in [0, 0.05) is 23.7 Å². The van der Waals surface area contributed by atoms with E-state index in [1.165, 1.54) is 0 Å². The molecule has 4 aromatic rings. The van der Waals surface area contributed by atoms with Gasteiger partial charge in [-0.25, -0.2) is 14.6 Å². The van der Waals surface area contributed by atoms with E-state index >= 15 is 0 Å². The quantitative estimate of drug-likeness (QED) is 0.541. The minimum Gasteiger partial charge on any atom is -0.266 e. The second-order valence-electron chi connectivity index (χ2n) is 7.50. The second kappa shape index (κ2) is 6.42. The Hall–Kier alpha value is -2.80. The summed E-state index contributed by atoms with van der Waals surface area (Å²) in [7, 11) is 1.88. The van der Waals surface area contributed by atoms with Gasteiger partial charge in [-0.15, -0.1) is 5.10 Å². The largest absolute Gasteiger partial charge is 0.266 e. The lowest BCUT2D eigenvalue weighted by Crippen LogP contribution is -2.18. The number of nitrogens with zero attached hydrogens (tertiary/aromatic N) is 7. The molecular formula is C19H20ClN7. The summed E-state index contributed by atoms with van der Waals surface area (Å²) in [6.07, 6.45) is 1.74. The second-order valence-corrected chi connectivity index (χ2v) is 7.90. The van der Waals surface area contributed by atoms with Crippen LogP contribution in [0.5, 0.6) is 0 Å². The number of aromatic nitrogens is 7. The Morgan fingerprint density at radius 3 is 2.52 bits per heavy atom. The summed E-state index contributed by atoms with van der Waals surface area (Å²) >= 11 is 6.32. The van der Waals surface area contributed by atoms with E-state index in [0.717, 1.165) is 22.8 Å². The minimum absolute atomic E-state index is 0.221. The van der Waals surface area contributed by atoms with Crippen LogP contribution in [0.1, 0.15) is 32.2 Å². The van der Waals surface area contributed by atoms with Crippen LogP contribution >= 0.6 is 11.6 Å². The SMILES string of the molecule is Cn1nccc1-c1nc(C(C)(C)C)nc2c1nnn2Cc1ccccc1Cl. The first-order valence-corrected chi connectivity index (χ1v) is 9.06. The van der Waals surface area contributed by atoms with Crippen molar-refractivity contribution in [1.29, 1.82) is 0 Å². The van der Waals surface area contributed by atoms with E-state index in [-0.39, 0.29) is 5.41 Å². The van der Waals surface area contributed by atoms with E-state index in [1.54, 1.807) is 15.6 Å². The average Bonchev–Trinajstić information content (AvgIpc) is 3.22. The Bertz CT molecular complexity index is 1120. The normalized spacial score (nSPS) is 12.0. The van der Waals surface area contributed by atoms with Gasteiger partial charge in [-0.1, -0.05) is 55.8 Å². The van der Waals surface area contributed by atoms with Crippen LogP contribution in [0.15, 0.2) is 36.5 Å². The van der Waals surface area contributed by atoms with Crippen molar-refractivity contribution in [2.45, 2.75) is 32.7 Å². The van der Waals surface area contributed by atoms with Crippen molar-refractivity contribution in [1.82, 2.24) is 34.7 Å². The molecule has 0 unspecified atom stereocenters. The van der Waals surface area contributed by atoms with Gasteiger partial charge in [0.1, 0.15) is 11.5 Å². The maximum atomic E-state index is 6.32. The summed E-state index contributed by atoms with van der Waals surface area (Å²) in [5.74, 6) is 0.730. The Morgan fingerprint density at radius 1 is 1.07 bits per heavy atom. The highest BCUT2D eigenvalue weighted by atomic mass is 35.5. The third-order valence-corrected chi connectivity index (χ3v) is 4.74. The van der Waals surface area contributed by atoms with Gasteiger partial charge in [-0.2, -0.15) is 5.10 Å². The van der Waals surface area contributed by atoms with Crippen molar-refractivity contribution >= 4 is 22.8 Å². The van der Waals surface area contributed by atoms with Crippen molar-refractivity contribution in [3.8, 4) is 11.4 Å². The zero-order valence-corrected chi connectivity index (χ0v) is 16.4. The van der Waals surface area contributed by atoms with Gasteiger partial charge in [0.2, 0.25) is 0 Å². The summed E-state index contributed by atoms with van der Waals surface area (Å²) < 4.78 is 3.55. The number of rotatable bonds is 3. The predicted molar refractivity (Wildman–Crippen MR) is 105 cm³/mol. The molecule has 0 bridgehead atoms. The van der Waals surface area contributed by atoms with Crippen molar-refractivity contribution < 1.29 is 0 Å². The molecule has 0 aliphatic carbocycles. The summed E-state index contributed by atoms with van der Waals surface area (Å²) in [6.45, 7) is 6.75. The number of hydrogen-bond donors (Lipinski definition) is 0. The molecule has 0 aliphatic rings. The molecule has 7 nitrogen and oxygen atoms in total. The Balaban J connectivity index is 1.93. The molecule has 3 heterocycles. The third-order valence-electron chi connectivity index (χ3n) is 4.38. The number of aryl methyl sites for hydroxylation is 1. The first-order chi connectivity index (χ1) is 12.8. The van der Waals surface area contributed by atoms with Gasteiger partial charge in [0.05, 0.1) is 12.2 Å². The van der Waals surface area contributed by atoms with Crippen LogP contribution in [0.4, 0.5) is 0 Å². The molecule has 0 atom stereocenters. The van der Waals surface area contributed by atoms with Crippen molar-refractivity contribution in [3.05, 3.63) is 52.9 Å². The molecular weight excluding hydrogens is 362 g/mol.